The maximum absolute atomic E-state index is 13.3. The van der Waals surface area contributed by atoms with E-state index < -0.39 is 17.5 Å². The van der Waals surface area contributed by atoms with E-state index >= 15 is 0 Å². The van der Waals surface area contributed by atoms with Gasteiger partial charge < -0.3 is 10.6 Å². The zero-order valence-electron chi connectivity index (χ0n) is 13.3. The third-order valence-corrected chi connectivity index (χ3v) is 3.79. The fraction of sp³-hybridized carbons (Fsp3) is 0.176. The summed E-state index contributed by atoms with van der Waals surface area (Å²) in [6, 6.07) is 4.87. The van der Waals surface area contributed by atoms with Crippen LogP contribution in [0.4, 0.5) is 20.2 Å². The van der Waals surface area contributed by atoms with Gasteiger partial charge >= 0.3 is 0 Å². The minimum atomic E-state index is -1.16. The van der Waals surface area contributed by atoms with Crippen molar-refractivity contribution in [2.75, 3.05) is 10.6 Å². The lowest BCUT2D eigenvalue weighted by Gasteiger charge is -2.15. The fourth-order valence-corrected chi connectivity index (χ4v) is 2.47. The normalized spacial score (nSPS) is 10.4. The number of aryl methyl sites for hydroxylation is 1. The van der Waals surface area contributed by atoms with Crippen LogP contribution in [0, 0.1) is 25.5 Å². The molecule has 2 N–H and O–H groups in total. The summed E-state index contributed by atoms with van der Waals surface area (Å²) in [4.78, 5) is 23.6. The highest BCUT2D eigenvalue weighted by Gasteiger charge is 2.17. The Hall–Kier alpha value is -2.47. The van der Waals surface area contributed by atoms with Crippen molar-refractivity contribution in [1.29, 1.82) is 0 Å². The lowest BCUT2D eigenvalue weighted by molar-refractivity contribution is -0.114. The van der Waals surface area contributed by atoms with Crippen LogP contribution in [0.5, 0.6) is 0 Å². The van der Waals surface area contributed by atoms with Gasteiger partial charge in [-0.05, 0) is 43.2 Å². The molecule has 2 aromatic rings. The van der Waals surface area contributed by atoms with Crippen LogP contribution in [0.3, 0.4) is 0 Å². The van der Waals surface area contributed by atoms with E-state index in [1.807, 2.05) is 6.92 Å². The first-order chi connectivity index (χ1) is 11.2. The van der Waals surface area contributed by atoms with E-state index in [2.05, 4.69) is 10.6 Å². The third-order valence-electron chi connectivity index (χ3n) is 3.48. The van der Waals surface area contributed by atoms with Gasteiger partial charge in [0.15, 0.2) is 11.6 Å². The van der Waals surface area contributed by atoms with Gasteiger partial charge in [-0.1, -0.05) is 17.7 Å². The summed E-state index contributed by atoms with van der Waals surface area (Å²) in [5, 5.41) is 5.09. The van der Waals surface area contributed by atoms with Gasteiger partial charge in [0.25, 0.3) is 5.91 Å². The number of hydrogen-bond acceptors (Lipinski definition) is 2. The number of rotatable bonds is 3. The molecule has 2 aromatic carbocycles. The van der Waals surface area contributed by atoms with Crippen molar-refractivity contribution in [1.82, 2.24) is 0 Å². The molecule has 2 rings (SSSR count). The summed E-state index contributed by atoms with van der Waals surface area (Å²) < 4.78 is 26.4. The third kappa shape index (κ3) is 3.71. The highest BCUT2D eigenvalue weighted by atomic mass is 35.5. The van der Waals surface area contributed by atoms with Gasteiger partial charge in [0, 0.05) is 18.3 Å². The molecule has 7 heteroatoms. The van der Waals surface area contributed by atoms with Crippen molar-refractivity contribution in [3.8, 4) is 0 Å². The van der Waals surface area contributed by atoms with Crippen LogP contribution in [-0.2, 0) is 4.79 Å². The minimum Gasteiger partial charge on any atom is -0.326 e. The van der Waals surface area contributed by atoms with Gasteiger partial charge in [-0.3, -0.25) is 9.59 Å². The number of benzene rings is 2. The monoisotopic (exact) mass is 352 g/mol. The predicted molar refractivity (Wildman–Crippen MR) is 89.5 cm³/mol. The Bertz CT molecular complexity index is 838. The number of hydrogen-bond donors (Lipinski definition) is 2. The molecular formula is C17H15ClF2N2O2. The van der Waals surface area contributed by atoms with Crippen molar-refractivity contribution in [3.63, 3.8) is 0 Å². The SMILES string of the molecule is CC(=O)Nc1c(C)ccc(NC(=O)c2cc(F)c(F)cc2Cl)c1C. The maximum atomic E-state index is 13.3. The van der Waals surface area contributed by atoms with E-state index in [1.165, 1.54) is 6.92 Å². The topological polar surface area (TPSA) is 58.2 Å². The molecule has 0 aliphatic carbocycles. The molecule has 0 radical (unpaired) electrons. The standard InChI is InChI=1S/C17H15ClF2N2O2/c1-8-4-5-15(9(2)16(8)21-10(3)23)22-17(24)11-6-13(19)14(20)7-12(11)18/h4-7H,1-3H3,(H,21,23)(H,22,24). The predicted octanol–water partition coefficient (Wildman–Crippen LogP) is 4.45. The second-order valence-corrected chi connectivity index (χ2v) is 5.72. The van der Waals surface area contributed by atoms with E-state index in [0.717, 1.165) is 17.7 Å². The summed E-state index contributed by atoms with van der Waals surface area (Å²) in [6.45, 7) is 4.92. The molecule has 0 unspecified atom stereocenters. The second kappa shape index (κ2) is 6.97. The molecule has 0 aliphatic rings. The van der Waals surface area contributed by atoms with Crippen molar-refractivity contribution in [2.45, 2.75) is 20.8 Å². The summed E-state index contributed by atoms with van der Waals surface area (Å²) >= 11 is 5.80. The molecule has 4 nitrogen and oxygen atoms in total. The molecule has 0 aliphatic heterocycles. The second-order valence-electron chi connectivity index (χ2n) is 5.31. The lowest BCUT2D eigenvalue weighted by Crippen LogP contribution is -2.16. The van der Waals surface area contributed by atoms with Crippen molar-refractivity contribution in [3.05, 3.63) is 57.6 Å². The molecule has 0 heterocycles. The van der Waals surface area contributed by atoms with Crippen LogP contribution in [0.25, 0.3) is 0 Å². The largest absolute Gasteiger partial charge is 0.326 e. The lowest BCUT2D eigenvalue weighted by atomic mass is 10.1. The van der Waals surface area contributed by atoms with Crippen molar-refractivity contribution in [2.24, 2.45) is 0 Å². The molecule has 2 amide bonds. The minimum absolute atomic E-state index is 0.184. The van der Waals surface area contributed by atoms with E-state index in [4.69, 9.17) is 11.6 Å². The maximum Gasteiger partial charge on any atom is 0.257 e. The molecule has 0 spiro atoms. The fourth-order valence-electron chi connectivity index (χ4n) is 2.24. The molecule has 0 saturated carbocycles. The van der Waals surface area contributed by atoms with Gasteiger partial charge in [-0.15, -0.1) is 0 Å². The Kier molecular flexibility index (Phi) is 5.19. The van der Waals surface area contributed by atoms with Crippen LogP contribution >= 0.6 is 11.6 Å². The van der Waals surface area contributed by atoms with E-state index in [1.54, 1.807) is 19.1 Å². The summed E-state index contributed by atoms with van der Waals surface area (Å²) in [6.07, 6.45) is 0. The quantitative estimate of drug-likeness (QED) is 0.802. The first-order valence-corrected chi connectivity index (χ1v) is 7.42. The average molecular weight is 353 g/mol. The molecule has 0 saturated heterocycles. The first-order valence-electron chi connectivity index (χ1n) is 7.04. The molecule has 0 atom stereocenters. The summed E-state index contributed by atoms with van der Waals surface area (Å²) in [5.41, 5.74) is 2.28. The Morgan fingerprint density at radius 2 is 1.67 bits per heavy atom. The summed E-state index contributed by atoms with van der Waals surface area (Å²) in [7, 11) is 0. The van der Waals surface area contributed by atoms with E-state index in [9.17, 15) is 18.4 Å². The van der Waals surface area contributed by atoms with Crippen LogP contribution in [0.1, 0.15) is 28.4 Å². The average Bonchev–Trinajstić information content (AvgIpc) is 2.49. The van der Waals surface area contributed by atoms with Crippen LogP contribution in [0.15, 0.2) is 24.3 Å². The highest BCUT2D eigenvalue weighted by molar-refractivity contribution is 6.34. The zero-order valence-corrected chi connectivity index (χ0v) is 14.0. The van der Waals surface area contributed by atoms with Crippen molar-refractivity contribution < 1.29 is 18.4 Å². The molecule has 0 fully saturated rings. The summed E-state index contributed by atoms with van der Waals surface area (Å²) in [5.74, 6) is -3.21. The number of carbonyl (C=O) groups is 2. The van der Waals surface area contributed by atoms with Gasteiger partial charge in [0.1, 0.15) is 0 Å². The van der Waals surface area contributed by atoms with Crippen LogP contribution in [0.2, 0.25) is 5.02 Å². The van der Waals surface area contributed by atoms with Crippen LogP contribution < -0.4 is 10.6 Å². The van der Waals surface area contributed by atoms with E-state index in [0.29, 0.717) is 16.9 Å². The van der Waals surface area contributed by atoms with Crippen molar-refractivity contribution >= 4 is 34.8 Å². The Labute approximate surface area is 142 Å². The number of amides is 2. The Balaban J connectivity index is 2.36. The molecular weight excluding hydrogens is 338 g/mol. The van der Waals surface area contributed by atoms with Gasteiger partial charge in [0.2, 0.25) is 5.91 Å². The van der Waals surface area contributed by atoms with Gasteiger partial charge in [0.05, 0.1) is 10.6 Å². The van der Waals surface area contributed by atoms with Crippen LogP contribution in [-0.4, -0.2) is 11.8 Å². The Morgan fingerprint density at radius 1 is 1.04 bits per heavy atom. The Morgan fingerprint density at radius 3 is 2.29 bits per heavy atom. The van der Waals surface area contributed by atoms with Gasteiger partial charge in [-0.25, -0.2) is 8.78 Å². The smallest absolute Gasteiger partial charge is 0.257 e. The number of anilines is 2. The molecule has 24 heavy (non-hydrogen) atoms. The van der Waals surface area contributed by atoms with E-state index in [-0.39, 0.29) is 16.5 Å². The molecule has 0 bridgehead atoms. The van der Waals surface area contributed by atoms with Gasteiger partial charge in [-0.2, -0.15) is 0 Å². The zero-order chi connectivity index (χ0) is 18.0. The molecule has 0 aromatic heterocycles. The highest BCUT2D eigenvalue weighted by Crippen LogP contribution is 2.28. The molecule has 126 valence electrons. The first kappa shape index (κ1) is 17.9. The number of carbonyl (C=O) groups excluding carboxylic acids is 2. The number of halogens is 3. The number of nitrogens with one attached hydrogen (secondary N) is 2.